The molecular formula is C36H37FN2O6S. The Balaban J connectivity index is 1.35. The number of likely N-dealkylation sites (tertiary alicyclic amines) is 1. The van der Waals surface area contributed by atoms with Crippen LogP contribution in [0.25, 0.3) is 11.1 Å². The number of amides is 2. The average molecular weight is 645 g/mol. The van der Waals surface area contributed by atoms with Gasteiger partial charge in [0.15, 0.2) is 21.4 Å². The number of nitrogens with zero attached hydrogens (tertiary/aromatic N) is 2. The smallest absolute Gasteiger partial charge is 0.254 e. The molecule has 0 saturated carbocycles. The minimum absolute atomic E-state index is 0.0509. The van der Waals surface area contributed by atoms with Gasteiger partial charge in [-0.25, -0.2) is 12.8 Å². The largest absolute Gasteiger partial charge is 0.495 e. The zero-order valence-electron chi connectivity index (χ0n) is 26.5. The molecular weight excluding hydrogens is 607 g/mol. The predicted molar refractivity (Wildman–Crippen MR) is 175 cm³/mol. The number of aryl methyl sites for hydroxylation is 2. The minimum Gasteiger partial charge on any atom is -0.495 e. The van der Waals surface area contributed by atoms with Crippen LogP contribution in [0.3, 0.4) is 0 Å². The molecule has 0 unspecified atom stereocenters. The maximum Gasteiger partial charge on any atom is 0.254 e. The molecule has 1 fully saturated rings. The molecule has 2 amide bonds. The highest BCUT2D eigenvalue weighted by Crippen LogP contribution is 2.34. The average Bonchev–Trinajstić information content (AvgIpc) is 3.50. The quantitative estimate of drug-likeness (QED) is 0.219. The van der Waals surface area contributed by atoms with E-state index in [0.717, 1.165) is 11.1 Å². The van der Waals surface area contributed by atoms with Crippen molar-refractivity contribution in [1.82, 2.24) is 9.80 Å². The maximum atomic E-state index is 15.8. The van der Waals surface area contributed by atoms with Crippen LogP contribution in [0, 0.1) is 19.7 Å². The van der Waals surface area contributed by atoms with Gasteiger partial charge in [0.2, 0.25) is 0 Å². The van der Waals surface area contributed by atoms with Crippen LogP contribution in [0.15, 0.2) is 83.8 Å². The third kappa shape index (κ3) is 6.77. The lowest BCUT2D eigenvalue weighted by Crippen LogP contribution is -2.32. The summed E-state index contributed by atoms with van der Waals surface area (Å²) < 4.78 is 54.7. The highest BCUT2D eigenvalue weighted by atomic mass is 32.2. The van der Waals surface area contributed by atoms with Gasteiger partial charge in [0, 0.05) is 43.8 Å². The summed E-state index contributed by atoms with van der Waals surface area (Å²) >= 11 is 0. The third-order valence-corrected chi connectivity index (χ3v) is 9.84. The van der Waals surface area contributed by atoms with Gasteiger partial charge in [0.1, 0.15) is 16.7 Å². The van der Waals surface area contributed by atoms with Crippen molar-refractivity contribution in [3.63, 3.8) is 0 Å². The van der Waals surface area contributed by atoms with Crippen LogP contribution in [0.4, 0.5) is 4.39 Å². The van der Waals surface area contributed by atoms with Crippen molar-refractivity contribution >= 4 is 21.7 Å². The highest BCUT2D eigenvalue weighted by molar-refractivity contribution is 7.90. The van der Waals surface area contributed by atoms with Crippen LogP contribution in [-0.2, 0) is 15.6 Å². The number of carbonyl (C=O) groups is 2. The van der Waals surface area contributed by atoms with E-state index < -0.39 is 27.5 Å². The number of sulfone groups is 1. The Kier molecular flexibility index (Phi) is 9.48. The van der Waals surface area contributed by atoms with Gasteiger partial charge in [-0.2, -0.15) is 0 Å². The Morgan fingerprint density at radius 3 is 2.28 bits per heavy atom. The second-order valence-electron chi connectivity index (χ2n) is 11.7. The molecule has 4 aromatic rings. The molecule has 0 N–H and O–H groups in total. The summed E-state index contributed by atoms with van der Waals surface area (Å²) in [6, 6.07) is 21.8. The van der Waals surface area contributed by atoms with E-state index in [1.54, 1.807) is 61.5 Å². The summed E-state index contributed by atoms with van der Waals surface area (Å²) in [5.41, 5.74) is 4.07. The Labute approximate surface area is 269 Å². The number of methoxy groups -OCH3 is 1. The van der Waals surface area contributed by atoms with Crippen LogP contribution >= 0.6 is 0 Å². The lowest BCUT2D eigenvalue weighted by molar-refractivity contribution is 0.0769. The topological polar surface area (TPSA) is 93.2 Å². The molecule has 0 aromatic heterocycles. The van der Waals surface area contributed by atoms with Crippen LogP contribution < -0.4 is 9.47 Å². The Morgan fingerprint density at radius 1 is 0.913 bits per heavy atom. The van der Waals surface area contributed by atoms with E-state index >= 15 is 4.39 Å². The molecule has 8 nitrogen and oxygen atoms in total. The molecule has 1 heterocycles. The van der Waals surface area contributed by atoms with E-state index in [2.05, 4.69) is 0 Å². The first-order valence-electron chi connectivity index (χ1n) is 14.9. The predicted octanol–water partition coefficient (Wildman–Crippen LogP) is 6.09. The standard InChI is InChI=1S/C36H37FN2O6S/c1-23-9-6-10-24(2)33(23)36(41)39-18-17-29(21-39)45-31-14-8-13-28(34(31)37)22-46(42,43)32-20-26(15-16-30(32)44-5)25-11-7-12-27(19-25)35(40)38(3)4/h6-16,19-20,29H,17-18,21-22H2,1-5H3/t29-/m0/s1. The Morgan fingerprint density at radius 2 is 1.59 bits per heavy atom. The number of ether oxygens (including phenoxy) is 2. The van der Waals surface area contributed by atoms with Crippen LogP contribution in [0.2, 0.25) is 0 Å². The normalized spacial score (nSPS) is 14.7. The van der Waals surface area contributed by atoms with E-state index in [4.69, 9.17) is 9.47 Å². The summed E-state index contributed by atoms with van der Waals surface area (Å²) in [5.74, 6) is -1.61. The van der Waals surface area contributed by atoms with Crippen LogP contribution in [0.5, 0.6) is 11.5 Å². The van der Waals surface area contributed by atoms with Crippen molar-refractivity contribution in [2.45, 2.75) is 37.0 Å². The summed E-state index contributed by atoms with van der Waals surface area (Å²) in [5, 5.41) is 0. The fourth-order valence-electron chi connectivity index (χ4n) is 5.73. The monoisotopic (exact) mass is 644 g/mol. The molecule has 0 bridgehead atoms. The molecule has 0 spiro atoms. The van der Waals surface area contributed by atoms with E-state index in [9.17, 15) is 18.0 Å². The van der Waals surface area contributed by atoms with Gasteiger partial charge >= 0.3 is 0 Å². The summed E-state index contributed by atoms with van der Waals surface area (Å²) in [4.78, 5) is 28.8. The van der Waals surface area contributed by atoms with Crippen molar-refractivity contribution in [3.05, 3.63) is 112 Å². The van der Waals surface area contributed by atoms with Gasteiger partial charge in [-0.15, -0.1) is 0 Å². The van der Waals surface area contributed by atoms with E-state index in [0.29, 0.717) is 41.8 Å². The molecule has 46 heavy (non-hydrogen) atoms. The van der Waals surface area contributed by atoms with Gasteiger partial charge in [-0.1, -0.05) is 48.5 Å². The number of benzene rings is 4. The van der Waals surface area contributed by atoms with Crippen molar-refractivity contribution in [3.8, 4) is 22.6 Å². The summed E-state index contributed by atoms with van der Waals surface area (Å²) in [7, 11) is 0.582. The van der Waals surface area contributed by atoms with E-state index in [-0.39, 0.29) is 33.8 Å². The maximum absolute atomic E-state index is 15.8. The number of rotatable bonds is 9. The van der Waals surface area contributed by atoms with Crippen LogP contribution in [-0.4, -0.2) is 70.4 Å². The van der Waals surface area contributed by atoms with Gasteiger partial charge in [0.05, 0.1) is 19.4 Å². The van der Waals surface area contributed by atoms with Crippen molar-refractivity contribution in [2.75, 3.05) is 34.3 Å². The van der Waals surface area contributed by atoms with Crippen LogP contribution in [0.1, 0.15) is 43.8 Å². The highest BCUT2D eigenvalue weighted by Gasteiger charge is 2.31. The first-order chi connectivity index (χ1) is 21.9. The molecule has 0 radical (unpaired) electrons. The molecule has 10 heteroatoms. The van der Waals surface area contributed by atoms with E-state index in [1.165, 1.54) is 30.2 Å². The van der Waals surface area contributed by atoms with E-state index in [1.807, 2.05) is 32.0 Å². The van der Waals surface area contributed by atoms with Gasteiger partial charge in [-0.3, -0.25) is 9.59 Å². The molecule has 0 aliphatic carbocycles. The van der Waals surface area contributed by atoms with Crippen molar-refractivity contribution in [2.24, 2.45) is 0 Å². The summed E-state index contributed by atoms with van der Waals surface area (Å²) in [6.45, 7) is 4.56. The molecule has 1 aliphatic rings. The number of hydrogen-bond donors (Lipinski definition) is 0. The second kappa shape index (κ2) is 13.3. The lowest BCUT2D eigenvalue weighted by Gasteiger charge is -2.20. The first-order valence-corrected chi connectivity index (χ1v) is 16.6. The number of carbonyl (C=O) groups excluding carboxylic acids is 2. The Bertz CT molecular complexity index is 1890. The second-order valence-corrected chi connectivity index (χ2v) is 13.6. The van der Waals surface area contributed by atoms with Gasteiger partial charge < -0.3 is 19.3 Å². The molecule has 5 rings (SSSR count). The van der Waals surface area contributed by atoms with Gasteiger partial charge in [-0.05, 0) is 66.4 Å². The van der Waals surface area contributed by atoms with Crippen molar-refractivity contribution < 1.29 is 31.9 Å². The SMILES string of the molecule is COc1ccc(-c2cccc(C(=O)N(C)C)c2)cc1S(=O)(=O)Cc1cccc(O[C@H]2CCN(C(=O)c3c(C)cccc3C)C2)c1F. The Hall–Kier alpha value is -4.70. The lowest BCUT2D eigenvalue weighted by atomic mass is 10.0. The van der Waals surface area contributed by atoms with Gasteiger partial charge in [0.25, 0.3) is 11.8 Å². The molecule has 1 atom stereocenters. The zero-order chi connectivity index (χ0) is 33.2. The molecule has 4 aromatic carbocycles. The molecule has 240 valence electrons. The fourth-order valence-corrected chi connectivity index (χ4v) is 7.28. The minimum atomic E-state index is -4.10. The number of halogens is 1. The molecule has 1 aliphatic heterocycles. The first kappa shape index (κ1) is 32.7. The zero-order valence-corrected chi connectivity index (χ0v) is 27.4. The summed E-state index contributed by atoms with van der Waals surface area (Å²) in [6.07, 6.45) is 0.0748. The fraction of sp³-hybridized carbons (Fsp3) is 0.278. The third-order valence-electron chi connectivity index (χ3n) is 8.16. The van der Waals surface area contributed by atoms with Crippen molar-refractivity contribution in [1.29, 1.82) is 0 Å². The number of hydrogen-bond acceptors (Lipinski definition) is 6. The molecule has 1 saturated heterocycles.